The van der Waals surface area contributed by atoms with Gasteiger partial charge in [0.1, 0.15) is 17.2 Å². The number of anilines is 3. The molecule has 0 bridgehead atoms. The second kappa shape index (κ2) is 12.0. The monoisotopic (exact) mass is 582 g/mol. The van der Waals surface area contributed by atoms with Gasteiger partial charge in [0.05, 0.1) is 35.7 Å². The van der Waals surface area contributed by atoms with E-state index in [0.29, 0.717) is 52.0 Å². The van der Waals surface area contributed by atoms with Crippen LogP contribution in [0.5, 0.6) is 34.9 Å². The van der Waals surface area contributed by atoms with Crippen molar-refractivity contribution in [1.29, 1.82) is 0 Å². The fraction of sp³-hybridized carbons (Fsp3) is 0.0571. The van der Waals surface area contributed by atoms with Crippen LogP contribution in [-0.2, 0) is 5.41 Å². The fourth-order valence-corrected chi connectivity index (χ4v) is 4.79. The van der Waals surface area contributed by atoms with Crippen LogP contribution in [0.3, 0.4) is 0 Å². The summed E-state index contributed by atoms with van der Waals surface area (Å²) >= 11 is 0. The first-order valence-electron chi connectivity index (χ1n) is 13.8. The van der Waals surface area contributed by atoms with Gasteiger partial charge in [0.15, 0.2) is 0 Å². The van der Waals surface area contributed by atoms with Gasteiger partial charge in [-0.3, -0.25) is 0 Å². The van der Waals surface area contributed by atoms with Gasteiger partial charge in [0.25, 0.3) is 0 Å². The van der Waals surface area contributed by atoms with Crippen molar-refractivity contribution in [2.75, 3.05) is 17.2 Å². The van der Waals surface area contributed by atoms with Gasteiger partial charge in [-0.05, 0) is 78.2 Å². The van der Waals surface area contributed by atoms with Crippen LogP contribution in [0.1, 0.15) is 23.6 Å². The van der Waals surface area contributed by atoms with E-state index in [4.69, 9.17) is 31.4 Å². The minimum absolute atomic E-state index is 0.465. The molecule has 0 unspecified atom stereocenters. The van der Waals surface area contributed by atoms with Crippen molar-refractivity contribution in [3.63, 3.8) is 0 Å². The molecule has 3 aromatic heterocycles. The van der Waals surface area contributed by atoms with Gasteiger partial charge in [0, 0.05) is 23.6 Å². The second-order valence-corrected chi connectivity index (χ2v) is 10.3. The zero-order valence-corrected chi connectivity index (χ0v) is 23.9. The third-order valence-corrected chi connectivity index (χ3v) is 7.24. The molecule has 0 fully saturated rings. The van der Waals surface area contributed by atoms with Gasteiger partial charge in [-0.25, -0.2) is 15.0 Å². The van der Waals surface area contributed by atoms with E-state index in [2.05, 4.69) is 58.3 Å². The summed E-state index contributed by atoms with van der Waals surface area (Å²) in [6.07, 6.45) is 4.69. The van der Waals surface area contributed by atoms with Gasteiger partial charge >= 0.3 is 0 Å². The Morgan fingerprint density at radius 1 is 0.409 bits per heavy atom. The van der Waals surface area contributed by atoms with Crippen LogP contribution in [0.15, 0.2) is 128 Å². The predicted octanol–water partition coefficient (Wildman–Crippen LogP) is 7.35. The third kappa shape index (κ3) is 6.22. The lowest BCUT2D eigenvalue weighted by atomic mass is 9.71. The quantitative estimate of drug-likeness (QED) is 0.149. The Bertz CT molecular complexity index is 1610. The molecule has 0 saturated carbocycles. The lowest BCUT2D eigenvalue weighted by Gasteiger charge is -2.32. The molecule has 6 aromatic rings. The Morgan fingerprint density at radius 3 is 0.909 bits per heavy atom. The molecule has 6 rings (SSSR count). The smallest absolute Gasteiger partial charge is 0.219 e. The summed E-state index contributed by atoms with van der Waals surface area (Å²) in [6.45, 7) is 2.18. The average molecular weight is 583 g/mol. The molecular weight excluding hydrogens is 552 g/mol. The molecule has 0 aliphatic carbocycles. The number of hydrogen-bond acceptors (Lipinski definition) is 9. The van der Waals surface area contributed by atoms with Crippen molar-refractivity contribution < 1.29 is 14.2 Å². The standard InChI is InChI=1S/C35H30N6O3/c1-35(23-2-11-29(12-3-23)42-32-17-8-26(36)20-39-32,24-4-13-30(14-5-24)43-33-18-9-27(37)21-40-33)25-6-15-31(16-7-25)44-34-19-10-28(38)22-41-34/h2-22H,36-38H2,1H3. The maximum absolute atomic E-state index is 5.94. The fourth-order valence-electron chi connectivity index (χ4n) is 4.79. The summed E-state index contributed by atoms with van der Waals surface area (Å²) in [6, 6.07) is 34.4. The number of hydrogen-bond donors (Lipinski definition) is 3. The summed E-state index contributed by atoms with van der Waals surface area (Å²) in [4.78, 5) is 12.7. The first-order valence-corrected chi connectivity index (χ1v) is 13.8. The Kier molecular flexibility index (Phi) is 7.67. The largest absolute Gasteiger partial charge is 0.439 e. The van der Waals surface area contributed by atoms with E-state index in [1.807, 2.05) is 36.4 Å². The number of nitrogens with zero attached hydrogens (tertiary/aromatic N) is 3. The van der Waals surface area contributed by atoms with Gasteiger partial charge in [-0.1, -0.05) is 36.4 Å². The van der Waals surface area contributed by atoms with E-state index in [0.717, 1.165) is 16.7 Å². The summed E-state index contributed by atoms with van der Waals surface area (Å²) in [5, 5.41) is 0. The molecule has 218 valence electrons. The third-order valence-electron chi connectivity index (χ3n) is 7.24. The van der Waals surface area contributed by atoms with Crippen molar-refractivity contribution in [3.8, 4) is 34.9 Å². The van der Waals surface area contributed by atoms with Gasteiger partial charge in [-0.15, -0.1) is 0 Å². The summed E-state index contributed by atoms with van der Waals surface area (Å²) in [5.41, 5.74) is 21.6. The Labute approximate surface area is 254 Å². The van der Waals surface area contributed by atoms with Crippen LogP contribution in [0.2, 0.25) is 0 Å². The average Bonchev–Trinajstić information content (AvgIpc) is 3.05. The number of rotatable bonds is 9. The maximum atomic E-state index is 5.94. The number of pyridine rings is 3. The van der Waals surface area contributed by atoms with Crippen LogP contribution in [0.4, 0.5) is 17.1 Å². The van der Waals surface area contributed by atoms with Crippen molar-refractivity contribution >= 4 is 17.1 Å². The molecule has 9 heteroatoms. The highest BCUT2D eigenvalue weighted by atomic mass is 16.5. The van der Waals surface area contributed by atoms with E-state index in [9.17, 15) is 0 Å². The Hall–Kier alpha value is -6.09. The highest BCUT2D eigenvalue weighted by molar-refractivity contribution is 5.53. The molecule has 9 nitrogen and oxygen atoms in total. The minimum atomic E-state index is -0.548. The second-order valence-electron chi connectivity index (χ2n) is 10.3. The molecule has 0 aliphatic rings. The molecule has 0 radical (unpaired) electrons. The van der Waals surface area contributed by atoms with Crippen LogP contribution in [0.25, 0.3) is 0 Å². The zero-order chi connectivity index (χ0) is 30.5. The first kappa shape index (κ1) is 28.0. The van der Waals surface area contributed by atoms with Crippen molar-refractivity contribution in [2.45, 2.75) is 12.3 Å². The summed E-state index contributed by atoms with van der Waals surface area (Å²) in [7, 11) is 0. The molecule has 0 atom stereocenters. The van der Waals surface area contributed by atoms with Crippen molar-refractivity contribution in [3.05, 3.63) is 144 Å². The molecule has 3 heterocycles. The summed E-state index contributed by atoms with van der Waals surface area (Å²) < 4.78 is 17.8. The normalized spacial score (nSPS) is 11.1. The van der Waals surface area contributed by atoms with Crippen molar-refractivity contribution in [1.82, 2.24) is 15.0 Å². The highest BCUT2D eigenvalue weighted by Crippen LogP contribution is 2.41. The predicted molar refractivity (Wildman–Crippen MR) is 171 cm³/mol. The van der Waals surface area contributed by atoms with E-state index in [-0.39, 0.29) is 0 Å². The molecule has 0 amide bonds. The van der Waals surface area contributed by atoms with Crippen LogP contribution < -0.4 is 31.4 Å². The Balaban J connectivity index is 1.31. The van der Waals surface area contributed by atoms with Crippen LogP contribution in [0, 0.1) is 0 Å². The van der Waals surface area contributed by atoms with Gasteiger partial charge < -0.3 is 31.4 Å². The molecule has 44 heavy (non-hydrogen) atoms. The molecule has 0 spiro atoms. The number of aromatic nitrogens is 3. The lowest BCUT2D eigenvalue weighted by Crippen LogP contribution is -2.25. The van der Waals surface area contributed by atoms with Gasteiger partial charge in [0.2, 0.25) is 17.6 Å². The van der Waals surface area contributed by atoms with Gasteiger partial charge in [-0.2, -0.15) is 0 Å². The Morgan fingerprint density at radius 2 is 0.682 bits per heavy atom. The van der Waals surface area contributed by atoms with E-state index < -0.39 is 5.41 Å². The SMILES string of the molecule is CC(c1ccc(Oc2ccc(N)cn2)cc1)(c1ccc(Oc2ccc(N)cn2)cc1)c1ccc(Oc2ccc(N)cn2)cc1. The molecular formula is C35H30N6O3. The van der Waals surface area contributed by atoms with Crippen LogP contribution in [-0.4, -0.2) is 15.0 Å². The molecule has 6 N–H and O–H groups in total. The first-order chi connectivity index (χ1) is 21.3. The summed E-state index contributed by atoms with van der Waals surface area (Å²) in [5.74, 6) is 3.37. The number of nitrogens with two attached hydrogens (primary N) is 3. The lowest BCUT2D eigenvalue weighted by molar-refractivity contribution is 0.462. The molecule has 0 aliphatic heterocycles. The number of ether oxygens (including phenoxy) is 3. The topological polar surface area (TPSA) is 144 Å². The van der Waals surface area contributed by atoms with E-state index in [1.165, 1.54) is 0 Å². The number of nitrogen functional groups attached to an aromatic ring is 3. The van der Waals surface area contributed by atoms with E-state index in [1.54, 1.807) is 55.0 Å². The minimum Gasteiger partial charge on any atom is -0.439 e. The van der Waals surface area contributed by atoms with Crippen LogP contribution >= 0.6 is 0 Å². The molecule has 3 aromatic carbocycles. The molecule has 0 saturated heterocycles. The highest BCUT2D eigenvalue weighted by Gasteiger charge is 2.31. The van der Waals surface area contributed by atoms with Crippen molar-refractivity contribution in [2.24, 2.45) is 0 Å². The maximum Gasteiger partial charge on any atom is 0.219 e. The number of benzene rings is 3. The zero-order valence-electron chi connectivity index (χ0n) is 23.9. The van der Waals surface area contributed by atoms with E-state index >= 15 is 0 Å².